The molecule has 0 atom stereocenters. The first kappa shape index (κ1) is 17.0. The van der Waals surface area contributed by atoms with Crippen LogP contribution in [-0.4, -0.2) is 9.55 Å². The van der Waals surface area contributed by atoms with Gasteiger partial charge in [-0.15, -0.1) is 0 Å². The Morgan fingerprint density at radius 2 is 1.95 bits per heavy atom. The predicted molar refractivity (Wildman–Crippen MR) is 98.6 cm³/mol. The third-order valence-electron chi connectivity index (χ3n) is 3.60. The summed E-state index contributed by atoms with van der Waals surface area (Å²) in [6, 6.07) is 5.87. The fraction of sp³-hybridized carbons (Fsp3) is 0.375. The topological polar surface area (TPSA) is 86.9 Å². The molecule has 0 aliphatic carbocycles. The van der Waals surface area contributed by atoms with Crippen LogP contribution in [0.2, 0.25) is 0 Å². The van der Waals surface area contributed by atoms with Crippen LogP contribution in [-0.2, 0) is 19.0 Å². The molecule has 1 aromatic heterocycles. The first-order valence-corrected chi connectivity index (χ1v) is 8.11. The lowest BCUT2D eigenvalue weighted by Gasteiger charge is -2.22. The molecular formula is C16H21IN4O. The number of hydrogen-bond acceptors (Lipinski definition) is 4. The van der Waals surface area contributed by atoms with Crippen molar-refractivity contribution >= 4 is 28.3 Å². The highest BCUT2D eigenvalue weighted by Crippen LogP contribution is 2.29. The van der Waals surface area contributed by atoms with Gasteiger partial charge in [-0.2, -0.15) is 0 Å². The zero-order valence-corrected chi connectivity index (χ0v) is 15.4. The summed E-state index contributed by atoms with van der Waals surface area (Å²) in [4.78, 5) is 17.2. The lowest BCUT2D eigenvalue weighted by molar-refractivity contribution is 0.565. The zero-order valence-electron chi connectivity index (χ0n) is 13.3. The van der Waals surface area contributed by atoms with Gasteiger partial charge in [-0.05, 0) is 34.2 Å². The third kappa shape index (κ3) is 2.89. The van der Waals surface area contributed by atoms with Crippen LogP contribution >= 0.6 is 22.6 Å². The van der Waals surface area contributed by atoms with Gasteiger partial charge in [-0.1, -0.05) is 32.9 Å². The number of aromatic nitrogens is 2. The standard InChI is InChI=1S/C16H21IN4O/c1-16(2,3)13-12(19)15(22)21(4)14(20-13)9-6-5-7-11(17)10(9)8-18/h5-7H,8,18-19H2,1-4H3. The highest BCUT2D eigenvalue weighted by atomic mass is 127. The van der Waals surface area contributed by atoms with Gasteiger partial charge in [-0.25, -0.2) is 4.98 Å². The Labute approximate surface area is 143 Å². The summed E-state index contributed by atoms with van der Waals surface area (Å²) >= 11 is 2.24. The molecule has 5 nitrogen and oxygen atoms in total. The number of anilines is 1. The maximum atomic E-state index is 12.5. The van der Waals surface area contributed by atoms with Crippen molar-refractivity contribution in [3.05, 3.63) is 43.4 Å². The van der Waals surface area contributed by atoms with Crippen molar-refractivity contribution in [2.45, 2.75) is 32.7 Å². The molecule has 0 spiro atoms. The van der Waals surface area contributed by atoms with Crippen LogP contribution < -0.4 is 17.0 Å². The highest BCUT2D eigenvalue weighted by molar-refractivity contribution is 14.1. The van der Waals surface area contributed by atoms with Crippen molar-refractivity contribution in [1.29, 1.82) is 0 Å². The number of nitrogens with zero attached hydrogens (tertiary/aromatic N) is 2. The number of benzene rings is 1. The molecule has 6 heteroatoms. The van der Waals surface area contributed by atoms with E-state index in [1.165, 1.54) is 4.57 Å². The van der Waals surface area contributed by atoms with E-state index >= 15 is 0 Å². The van der Waals surface area contributed by atoms with Crippen LogP contribution in [0.5, 0.6) is 0 Å². The Hall–Kier alpha value is -1.41. The van der Waals surface area contributed by atoms with E-state index in [1.54, 1.807) is 7.05 Å². The molecule has 4 N–H and O–H groups in total. The van der Waals surface area contributed by atoms with Gasteiger partial charge < -0.3 is 11.5 Å². The Morgan fingerprint density at radius 3 is 2.50 bits per heavy atom. The molecule has 0 saturated carbocycles. The van der Waals surface area contributed by atoms with Gasteiger partial charge in [0, 0.05) is 28.1 Å². The zero-order chi connectivity index (χ0) is 16.7. The fourth-order valence-corrected chi connectivity index (χ4v) is 3.13. The number of hydrogen-bond donors (Lipinski definition) is 2. The molecule has 2 aromatic rings. The lowest BCUT2D eigenvalue weighted by Crippen LogP contribution is -2.30. The Balaban J connectivity index is 2.86. The van der Waals surface area contributed by atoms with Crippen molar-refractivity contribution in [1.82, 2.24) is 9.55 Å². The van der Waals surface area contributed by atoms with Crippen molar-refractivity contribution in [2.24, 2.45) is 12.8 Å². The minimum atomic E-state index is -0.308. The van der Waals surface area contributed by atoms with Crippen molar-refractivity contribution < 1.29 is 0 Å². The normalized spacial score (nSPS) is 11.7. The second-order valence-electron chi connectivity index (χ2n) is 6.28. The van der Waals surface area contributed by atoms with Crippen LogP contribution in [0, 0.1) is 3.57 Å². The maximum absolute atomic E-state index is 12.5. The van der Waals surface area contributed by atoms with E-state index in [0.717, 1.165) is 14.7 Å². The van der Waals surface area contributed by atoms with Gasteiger partial charge in [0.05, 0.1) is 5.69 Å². The van der Waals surface area contributed by atoms with Crippen LogP contribution in [0.15, 0.2) is 23.0 Å². The largest absolute Gasteiger partial charge is 0.393 e. The van der Waals surface area contributed by atoms with Gasteiger partial charge in [0.25, 0.3) is 5.56 Å². The van der Waals surface area contributed by atoms with E-state index < -0.39 is 0 Å². The number of nitrogen functional groups attached to an aromatic ring is 1. The summed E-state index contributed by atoms with van der Waals surface area (Å²) in [5, 5.41) is 0. The average molecular weight is 412 g/mol. The summed E-state index contributed by atoms with van der Waals surface area (Å²) in [6.45, 7) is 6.37. The van der Waals surface area contributed by atoms with E-state index in [0.29, 0.717) is 18.1 Å². The van der Waals surface area contributed by atoms with Crippen LogP contribution in [0.25, 0.3) is 11.4 Å². The smallest absolute Gasteiger partial charge is 0.276 e. The van der Waals surface area contributed by atoms with Gasteiger partial charge in [0.1, 0.15) is 11.5 Å². The average Bonchev–Trinajstić information content (AvgIpc) is 2.43. The summed E-state index contributed by atoms with van der Waals surface area (Å²) in [6.07, 6.45) is 0. The molecule has 22 heavy (non-hydrogen) atoms. The second-order valence-corrected chi connectivity index (χ2v) is 7.44. The van der Waals surface area contributed by atoms with E-state index in [9.17, 15) is 4.79 Å². The third-order valence-corrected chi connectivity index (χ3v) is 4.61. The molecule has 0 amide bonds. The number of rotatable bonds is 2. The molecule has 0 aliphatic rings. The van der Waals surface area contributed by atoms with Gasteiger partial charge in [0.15, 0.2) is 0 Å². The highest BCUT2D eigenvalue weighted by Gasteiger charge is 2.24. The molecule has 118 valence electrons. The molecule has 0 fully saturated rings. The van der Waals surface area contributed by atoms with E-state index in [1.807, 2.05) is 39.0 Å². The molecule has 1 aromatic carbocycles. The molecule has 0 unspecified atom stereocenters. The molecule has 0 radical (unpaired) electrons. The Bertz CT molecular complexity index is 775. The summed E-state index contributed by atoms with van der Waals surface area (Å²) in [5.41, 5.74) is 14.0. The molecular weight excluding hydrogens is 391 g/mol. The molecule has 0 bridgehead atoms. The van der Waals surface area contributed by atoms with Crippen molar-refractivity contribution in [3.63, 3.8) is 0 Å². The SMILES string of the molecule is Cn1c(-c2cccc(I)c2CN)nc(C(C)(C)C)c(N)c1=O. The van der Waals surface area contributed by atoms with Gasteiger partial charge in [0.2, 0.25) is 0 Å². The Morgan fingerprint density at radius 1 is 1.32 bits per heavy atom. The van der Waals surface area contributed by atoms with Crippen molar-refractivity contribution in [2.75, 3.05) is 5.73 Å². The first-order chi connectivity index (χ1) is 10.2. The van der Waals surface area contributed by atoms with Crippen LogP contribution in [0.4, 0.5) is 5.69 Å². The monoisotopic (exact) mass is 412 g/mol. The van der Waals surface area contributed by atoms with E-state index in [4.69, 9.17) is 16.5 Å². The minimum Gasteiger partial charge on any atom is -0.393 e. The summed E-state index contributed by atoms with van der Waals surface area (Å²) in [7, 11) is 1.69. The number of halogens is 1. The second kappa shape index (κ2) is 6.00. The maximum Gasteiger partial charge on any atom is 0.276 e. The minimum absolute atomic E-state index is 0.207. The molecule has 1 heterocycles. The van der Waals surface area contributed by atoms with E-state index in [2.05, 4.69) is 22.6 Å². The first-order valence-electron chi connectivity index (χ1n) is 7.03. The van der Waals surface area contributed by atoms with Crippen molar-refractivity contribution in [3.8, 4) is 11.4 Å². The number of nitrogens with two attached hydrogens (primary N) is 2. The quantitative estimate of drug-likeness (QED) is 0.742. The van der Waals surface area contributed by atoms with E-state index in [-0.39, 0.29) is 16.7 Å². The fourth-order valence-electron chi connectivity index (χ4n) is 2.41. The predicted octanol–water partition coefficient (Wildman–Crippen LogP) is 2.39. The lowest BCUT2D eigenvalue weighted by atomic mass is 9.90. The van der Waals surface area contributed by atoms with Crippen LogP contribution in [0.1, 0.15) is 32.0 Å². The summed E-state index contributed by atoms with van der Waals surface area (Å²) < 4.78 is 2.55. The molecule has 2 rings (SSSR count). The summed E-state index contributed by atoms with van der Waals surface area (Å²) in [5.74, 6) is 0.600. The molecule has 0 saturated heterocycles. The Kier molecular flexibility index (Phi) is 4.62. The molecule has 0 aliphatic heterocycles. The van der Waals surface area contributed by atoms with Gasteiger partial charge >= 0.3 is 0 Å². The van der Waals surface area contributed by atoms with Crippen LogP contribution in [0.3, 0.4) is 0 Å². The van der Waals surface area contributed by atoms with Gasteiger partial charge in [-0.3, -0.25) is 9.36 Å².